The summed E-state index contributed by atoms with van der Waals surface area (Å²) < 4.78 is 5.64. The Bertz CT molecular complexity index is 1230. The van der Waals surface area contributed by atoms with Crippen molar-refractivity contribution in [3.05, 3.63) is 101 Å². The molecule has 0 aliphatic carbocycles. The van der Waals surface area contributed by atoms with Gasteiger partial charge in [0.15, 0.2) is 5.78 Å². The van der Waals surface area contributed by atoms with Crippen LogP contribution in [-0.2, 0) is 16.1 Å². The predicted octanol–water partition coefficient (Wildman–Crippen LogP) is 4.98. The molecule has 3 aromatic rings. The van der Waals surface area contributed by atoms with Gasteiger partial charge in [-0.15, -0.1) is 11.8 Å². The predicted molar refractivity (Wildman–Crippen MR) is 139 cm³/mol. The fraction of sp³-hybridized carbons (Fsp3) is 0.286. The first-order valence-electron chi connectivity index (χ1n) is 11.7. The minimum Gasteiger partial charge on any atom is -0.444 e. The highest BCUT2D eigenvalue weighted by Crippen LogP contribution is 2.42. The van der Waals surface area contributed by atoms with Gasteiger partial charge in [-0.2, -0.15) is 0 Å². The lowest BCUT2D eigenvalue weighted by molar-refractivity contribution is -0.125. The van der Waals surface area contributed by atoms with Crippen molar-refractivity contribution in [2.45, 2.75) is 44.3 Å². The number of nitrogens with one attached hydrogen (secondary N) is 1. The third-order valence-electron chi connectivity index (χ3n) is 5.57. The lowest BCUT2D eigenvalue weighted by atomic mass is 10.0. The zero-order valence-corrected chi connectivity index (χ0v) is 21.3. The van der Waals surface area contributed by atoms with Crippen LogP contribution in [0.4, 0.5) is 4.79 Å². The van der Waals surface area contributed by atoms with Crippen LogP contribution < -0.4 is 5.32 Å². The number of ether oxygens (including phenoxy) is 1. The largest absolute Gasteiger partial charge is 0.444 e. The summed E-state index contributed by atoms with van der Waals surface area (Å²) >= 11 is 1.50. The quantitative estimate of drug-likeness (QED) is 0.478. The molecular weight excluding hydrogens is 474 g/mol. The van der Waals surface area contributed by atoms with E-state index in [9.17, 15) is 14.4 Å². The molecule has 7 nitrogen and oxygen atoms in total. The Morgan fingerprint density at radius 3 is 2.47 bits per heavy atom. The Morgan fingerprint density at radius 1 is 1.03 bits per heavy atom. The number of aromatic nitrogens is 1. The van der Waals surface area contributed by atoms with Crippen molar-refractivity contribution in [1.29, 1.82) is 0 Å². The van der Waals surface area contributed by atoms with Crippen molar-refractivity contribution in [2.75, 3.05) is 5.75 Å². The first-order chi connectivity index (χ1) is 17.2. The summed E-state index contributed by atoms with van der Waals surface area (Å²) in [5.74, 6) is 0.0721. The van der Waals surface area contributed by atoms with E-state index in [1.165, 1.54) is 16.7 Å². The normalized spacial score (nSPS) is 17.5. The van der Waals surface area contributed by atoms with Gasteiger partial charge in [0.25, 0.3) is 0 Å². The standard InChI is InChI=1S/C28H29N3O4S/c1-28(2,3)35-27(34)31-23(18-36-26(31)22-13-8-14-29-17-22)25(33)30-16-19-9-7-12-21(15-19)24(32)20-10-5-4-6-11-20/h4-15,17,23,26H,16,18H2,1-3H3,(H,30,33). The summed E-state index contributed by atoms with van der Waals surface area (Å²) in [7, 11) is 0. The maximum absolute atomic E-state index is 13.3. The number of ketones is 1. The molecule has 2 unspecified atom stereocenters. The number of carbonyl (C=O) groups excluding carboxylic acids is 3. The SMILES string of the molecule is CC(C)(C)OC(=O)N1C(C(=O)NCc2cccc(C(=O)c3ccccc3)c2)CSC1c1cccnc1. The number of nitrogens with zero attached hydrogens (tertiary/aromatic N) is 2. The second-order valence-corrected chi connectivity index (χ2v) is 10.6. The van der Waals surface area contributed by atoms with E-state index in [1.807, 2.05) is 30.3 Å². The number of thioether (sulfide) groups is 1. The average molecular weight is 504 g/mol. The topological polar surface area (TPSA) is 88.6 Å². The molecule has 1 fully saturated rings. The van der Waals surface area contributed by atoms with E-state index >= 15 is 0 Å². The van der Waals surface area contributed by atoms with Gasteiger partial charge in [0.2, 0.25) is 5.91 Å². The fourth-order valence-electron chi connectivity index (χ4n) is 3.91. The lowest BCUT2D eigenvalue weighted by Gasteiger charge is -2.31. The minimum atomic E-state index is -0.704. The molecule has 1 aliphatic heterocycles. The third-order valence-corrected chi connectivity index (χ3v) is 6.89. The molecule has 36 heavy (non-hydrogen) atoms. The summed E-state index contributed by atoms with van der Waals surface area (Å²) in [6.07, 6.45) is 2.82. The number of benzene rings is 2. The van der Waals surface area contributed by atoms with Gasteiger partial charge >= 0.3 is 6.09 Å². The number of carbonyl (C=O) groups is 3. The highest BCUT2D eigenvalue weighted by Gasteiger charge is 2.44. The molecule has 2 aromatic carbocycles. The van der Waals surface area contributed by atoms with Gasteiger partial charge in [-0.1, -0.05) is 54.6 Å². The van der Waals surface area contributed by atoms with Crippen LogP contribution >= 0.6 is 11.8 Å². The molecule has 0 radical (unpaired) electrons. The maximum Gasteiger partial charge on any atom is 0.412 e. The van der Waals surface area contributed by atoms with Gasteiger partial charge < -0.3 is 10.1 Å². The van der Waals surface area contributed by atoms with Crippen LogP contribution in [0.5, 0.6) is 0 Å². The molecule has 1 saturated heterocycles. The third kappa shape index (κ3) is 6.12. The van der Waals surface area contributed by atoms with Gasteiger partial charge in [0, 0.05) is 41.4 Å². The molecule has 0 spiro atoms. The van der Waals surface area contributed by atoms with Crippen molar-refractivity contribution in [2.24, 2.45) is 0 Å². The van der Waals surface area contributed by atoms with Gasteiger partial charge in [-0.3, -0.25) is 19.5 Å². The van der Waals surface area contributed by atoms with Crippen molar-refractivity contribution in [3.63, 3.8) is 0 Å². The molecule has 1 aliphatic rings. The van der Waals surface area contributed by atoms with Gasteiger partial charge in [0.05, 0.1) is 0 Å². The van der Waals surface area contributed by atoms with Crippen LogP contribution in [0.15, 0.2) is 79.1 Å². The Morgan fingerprint density at radius 2 is 1.78 bits per heavy atom. The van der Waals surface area contributed by atoms with E-state index in [0.29, 0.717) is 16.9 Å². The molecule has 0 saturated carbocycles. The fourth-order valence-corrected chi connectivity index (χ4v) is 5.31. The molecule has 8 heteroatoms. The Labute approximate surface area is 215 Å². The highest BCUT2D eigenvalue weighted by atomic mass is 32.2. The molecule has 1 N–H and O–H groups in total. The maximum atomic E-state index is 13.3. The van der Waals surface area contributed by atoms with Crippen LogP contribution in [0.3, 0.4) is 0 Å². The van der Waals surface area contributed by atoms with Crippen LogP contribution in [0.2, 0.25) is 0 Å². The Balaban J connectivity index is 1.48. The van der Waals surface area contributed by atoms with E-state index < -0.39 is 17.7 Å². The molecule has 2 atom stereocenters. The van der Waals surface area contributed by atoms with Crippen molar-refractivity contribution in [1.82, 2.24) is 15.2 Å². The molecule has 186 valence electrons. The molecular formula is C28H29N3O4S. The van der Waals surface area contributed by atoms with Gasteiger partial charge in [0.1, 0.15) is 17.0 Å². The summed E-state index contributed by atoms with van der Waals surface area (Å²) in [5.41, 5.74) is 2.09. The molecule has 0 bridgehead atoms. The van der Waals surface area contributed by atoms with E-state index in [1.54, 1.807) is 69.6 Å². The first-order valence-corrected chi connectivity index (χ1v) is 12.8. The van der Waals surface area contributed by atoms with Crippen LogP contribution in [-0.4, -0.2) is 45.1 Å². The van der Waals surface area contributed by atoms with E-state index in [0.717, 1.165) is 11.1 Å². The zero-order valence-electron chi connectivity index (χ0n) is 20.5. The summed E-state index contributed by atoms with van der Waals surface area (Å²) in [4.78, 5) is 44.9. The molecule has 2 amide bonds. The second kappa shape index (κ2) is 11.0. The Hall–Kier alpha value is -3.65. The van der Waals surface area contributed by atoms with Crippen LogP contribution in [0, 0.1) is 0 Å². The summed E-state index contributed by atoms with van der Waals surface area (Å²) in [6.45, 7) is 5.62. The number of pyridine rings is 1. The molecule has 2 heterocycles. The number of amides is 2. The van der Waals surface area contributed by atoms with Gasteiger partial charge in [-0.25, -0.2) is 4.79 Å². The van der Waals surface area contributed by atoms with Crippen LogP contribution in [0.1, 0.15) is 53.2 Å². The number of hydrogen-bond acceptors (Lipinski definition) is 6. The number of rotatable bonds is 6. The number of hydrogen-bond donors (Lipinski definition) is 1. The van der Waals surface area contributed by atoms with E-state index in [4.69, 9.17) is 4.74 Å². The highest BCUT2D eigenvalue weighted by molar-refractivity contribution is 7.99. The summed E-state index contributed by atoms with van der Waals surface area (Å²) in [5, 5.41) is 2.56. The monoisotopic (exact) mass is 503 g/mol. The van der Waals surface area contributed by atoms with Crippen molar-refractivity contribution in [3.8, 4) is 0 Å². The van der Waals surface area contributed by atoms with E-state index in [2.05, 4.69) is 10.3 Å². The zero-order chi connectivity index (χ0) is 25.7. The Kier molecular flexibility index (Phi) is 7.74. The average Bonchev–Trinajstić information content (AvgIpc) is 3.33. The second-order valence-electron chi connectivity index (χ2n) is 9.49. The minimum absolute atomic E-state index is 0.0774. The molecule has 4 rings (SSSR count). The van der Waals surface area contributed by atoms with Crippen molar-refractivity contribution >= 4 is 29.5 Å². The summed E-state index contributed by atoms with van der Waals surface area (Å²) in [6, 6.07) is 19.3. The lowest BCUT2D eigenvalue weighted by Crippen LogP contribution is -2.49. The van der Waals surface area contributed by atoms with E-state index in [-0.39, 0.29) is 23.6 Å². The first kappa shape index (κ1) is 25.4. The van der Waals surface area contributed by atoms with Gasteiger partial charge in [-0.05, 0) is 38.5 Å². The van der Waals surface area contributed by atoms with Crippen LogP contribution in [0.25, 0.3) is 0 Å². The smallest absolute Gasteiger partial charge is 0.412 e. The molecule has 1 aromatic heterocycles. The van der Waals surface area contributed by atoms with Crippen molar-refractivity contribution < 1.29 is 19.1 Å².